The minimum Gasteiger partial charge on any atom is -0.386 e. The molecule has 4 aromatic rings. The maximum atomic E-state index is 14.1. The fourth-order valence-corrected chi connectivity index (χ4v) is 5.15. The van der Waals surface area contributed by atoms with E-state index in [0.717, 1.165) is 36.0 Å². The molecule has 1 fully saturated rings. The Hall–Kier alpha value is -3.74. The number of amides is 1. The van der Waals surface area contributed by atoms with Crippen LogP contribution in [0.25, 0.3) is 11.3 Å². The Labute approximate surface area is 228 Å². The number of aliphatic hydroxyl groups excluding tert-OH is 1. The van der Waals surface area contributed by atoms with Crippen molar-refractivity contribution in [2.45, 2.75) is 38.0 Å². The third kappa shape index (κ3) is 5.72. The lowest BCUT2D eigenvalue weighted by Gasteiger charge is -2.39. The molecule has 1 amide bonds. The van der Waals surface area contributed by atoms with Crippen LogP contribution in [0.15, 0.2) is 91.1 Å². The second kappa shape index (κ2) is 11.8. The van der Waals surface area contributed by atoms with Crippen LogP contribution in [-0.4, -0.2) is 45.5 Å². The quantitative estimate of drug-likeness (QED) is 0.312. The number of piperidine rings is 1. The van der Waals surface area contributed by atoms with E-state index in [9.17, 15) is 9.90 Å². The fraction of sp³-hybridized carbons (Fsp3) is 0.258. The average molecular weight is 527 g/mol. The van der Waals surface area contributed by atoms with E-state index < -0.39 is 6.10 Å². The summed E-state index contributed by atoms with van der Waals surface area (Å²) >= 11 is 6.04. The maximum Gasteiger partial charge on any atom is 0.258 e. The summed E-state index contributed by atoms with van der Waals surface area (Å²) in [5.74, 6) is 0.366. The summed E-state index contributed by atoms with van der Waals surface area (Å²) < 4.78 is 0. The zero-order valence-electron chi connectivity index (χ0n) is 21.4. The molecule has 2 atom stereocenters. The maximum absolute atomic E-state index is 14.1. The van der Waals surface area contributed by atoms with Crippen LogP contribution in [0.2, 0.25) is 5.02 Å². The Bertz CT molecular complexity index is 1370. The minimum atomic E-state index is -0.758. The van der Waals surface area contributed by atoms with Crippen LogP contribution in [0.1, 0.15) is 46.9 Å². The molecule has 5 rings (SSSR count). The predicted molar refractivity (Wildman–Crippen MR) is 151 cm³/mol. The third-order valence-corrected chi connectivity index (χ3v) is 7.30. The van der Waals surface area contributed by atoms with Crippen LogP contribution in [0.3, 0.4) is 0 Å². The molecule has 38 heavy (non-hydrogen) atoms. The van der Waals surface area contributed by atoms with Crippen molar-refractivity contribution in [2.75, 3.05) is 18.5 Å². The topological polar surface area (TPSA) is 69.6 Å². The number of benzene rings is 3. The zero-order chi connectivity index (χ0) is 26.5. The van der Waals surface area contributed by atoms with E-state index in [1.807, 2.05) is 102 Å². The highest BCUT2D eigenvalue weighted by Crippen LogP contribution is 2.32. The van der Waals surface area contributed by atoms with Crippen molar-refractivity contribution >= 4 is 23.5 Å². The normalized spacial score (nSPS) is 16.2. The number of hydrogen-bond donors (Lipinski definition) is 1. The number of nitrogens with zero attached hydrogens (tertiary/aromatic N) is 4. The van der Waals surface area contributed by atoms with Crippen molar-refractivity contribution in [3.05, 3.63) is 113 Å². The second-order valence-electron chi connectivity index (χ2n) is 9.70. The molecule has 0 bridgehead atoms. The summed E-state index contributed by atoms with van der Waals surface area (Å²) in [5.41, 5.74) is 3.76. The molecule has 3 aromatic carbocycles. The highest BCUT2D eigenvalue weighted by atomic mass is 35.5. The summed E-state index contributed by atoms with van der Waals surface area (Å²) in [7, 11) is 1.93. The zero-order valence-corrected chi connectivity index (χ0v) is 22.1. The molecule has 0 aliphatic carbocycles. The van der Waals surface area contributed by atoms with Crippen molar-refractivity contribution < 1.29 is 9.90 Å². The second-order valence-corrected chi connectivity index (χ2v) is 10.1. The largest absolute Gasteiger partial charge is 0.386 e. The Kier molecular flexibility index (Phi) is 8.01. The molecule has 1 aliphatic heterocycles. The molecule has 1 aliphatic rings. The molecule has 1 saturated heterocycles. The van der Waals surface area contributed by atoms with Gasteiger partial charge in [0.2, 0.25) is 5.95 Å². The number of halogens is 1. The molecule has 6 nitrogen and oxygen atoms in total. The van der Waals surface area contributed by atoms with E-state index >= 15 is 0 Å². The van der Waals surface area contributed by atoms with Crippen LogP contribution in [-0.2, 0) is 6.54 Å². The highest BCUT2D eigenvalue weighted by molar-refractivity contribution is 6.30. The van der Waals surface area contributed by atoms with E-state index in [-0.39, 0.29) is 11.9 Å². The summed E-state index contributed by atoms with van der Waals surface area (Å²) in [4.78, 5) is 27.3. The lowest BCUT2D eigenvalue weighted by molar-refractivity contribution is 0.0212. The van der Waals surface area contributed by atoms with E-state index in [1.165, 1.54) is 0 Å². The van der Waals surface area contributed by atoms with Crippen molar-refractivity contribution in [1.82, 2.24) is 14.9 Å². The van der Waals surface area contributed by atoms with Gasteiger partial charge in [-0.05, 0) is 42.5 Å². The lowest BCUT2D eigenvalue weighted by Crippen LogP contribution is -2.47. The summed E-state index contributed by atoms with van der Waals surface area (Å²) in [6, 6.07) is 26.6. The first kappa shape index (κ1) is 25.9. The van der Waals surface area contributed by atoms with Gasteiger partial charge in [-0.3, -0.25) is 4.79 Å². The van der Waals surface area contributed by atoms with Crippen molar-refractivity contribution in [3.63, 3.8) is 0 Å². The van der Waals surface area contributed by atoms with Crippen LogP contribution < -0.4 is 4.90 Å². The first-order valence-corrected chi connectivity index (χ1v) is 13.3. The smallest absolute Gasteiger partial charge is 0.258 e. The van der Waals surface area contributed by atoms with Crippen molar-refractivity contribution in [3.8, 4) is 11.3 Å². The molecular formula is C31H31ClN4O2. The molecule has 1 N–H and O–H groups in total. The molecule has 1 aromatic heterocycles. The van der Waals surface area contributed by atoms with Crippen LogP contribution in [0, 0.1) is 0 Å². The summed E-state index contributed by atoms with van der Waals surface area (Å²) in [6.45, 7) is 1.18. The Morgan fingerprint density at radius 2 is 1.71 bits per heavy atom. The van der Waals surface area contributed by atoms with Gasteiger partial charge in [-0.25, -0.2) is 9.97 Å². The number of aliphatic hydroxyl groups is 1. The first-order valence-electron chi connectivity index (χ1n) is 12.9. The van der Waals surface area contributed by atoms with E-state index in [2.05, 4.69) is 4.98 Å². The molecule has 7 heteroatoms. The Morgan fingerprint density at radius 1 is 1.03 bits per heavy atom. The van der Waals surface area contributed by atoms with Gasteiger partial charge in [0, 0.05) is 36.9 Å². The molecule has 2 unspecified atom stereocenters. The third-order valence-electron chi connectivity index (χ3n) is 7.04. The van der Waals surface area contributed by atoms with E-state index in [1.54, 1.807) is 6.20 Å². The lowest BCUT2D eigenvalue weighted by atomic mass is 9.92. The average Bonchev–Trinajstić information content (AvgIpc) is 2.98. The number of likely N-dealkylation sites (tertiary alicyclic amines) is 1. The van der Waals surface area contributed by atoms with Gasteiger partial charge in [-0.2, -0.15) is 0 Å². The van der Waals surface area contributed by atoms with E-state index in [4.69, 9.17) is 16.6 Å². The Balaban J connectivity index is 1.48. The van der Waals surface area contributed by atoms with Gasteiger partial charge in [0.15, 0.2) is 0 Å². The van der Waals surface area contributed by atoms with Crippen LogP contribution >= 0.6 is 11.6 Å². The number of hydrogen-bond acceptors (Lipinski definition) is 5. The fourth-order valence-electron chi connectivity index (χ4n) is 5.03. The SMILES string of the molecule is CN(Cc1ccc(Cl)cc1)c1ncc(C(=O)N2CCCCC2C(O)c2ccccc2)c(-c2ccccc2)n1. The van der Waals surface area contributed by atoms with Crippen molar-refractivity contribution in [2.24, 2.45) is 0 Å². The first-order chi connectivity index (χ1) is 18.5. The highest BCUT2D eigenvalue weighted by Gasteiger charge is 2.34. The molecule has 2 heterocycles. The number of anilines is 1. The molecular weight excluding hydrogens is 496 g/mol. The monoisotopic (exact) mass is 526 g/mol. The van der Waals surface area contributed by atoms with Gasteiger partial charge in [-0.1, -0.05) is 84.4 Å². The number of carbonyl (C=O) groups excluding carboxylic acids is 1. The van der Waals surface area contributed by atoms with Gasteiger partial charge in [-0.15, -0.1) is 0 Å². The van der Waals surface area contributed by atoms with Gasteiger partial charge in [0.05, 0.1) is 23.4 Å². The van der Waals surface area contributed by atoms with Gasteiger partial charge in [0.1, 0.15) is 0 Å². The molecule has 0 saturated carbocycles. The predicted octanol–water partition coefficient (Wildman–Crippen LogP) is 6.16. The van der Waals surface area contributed by atoms with Gasteiger partial charge >= 0.3 is 0 Å². The van der Waals surface area contributed by atoms with Gasteiger partial charge in [0.25, 0.3) is 5.91 Å². The number of rotatable bonds is 7. The van der Waals surface area contributed by atoms with Crippen LogP contribution in [0.5, 0.6) is 0 Å². The number of aromatic nitrogens is 2. The Morgan fingerprint density at radius 3 is 2.42 bits per heavy atom. The molecule has 0 radical (unpaired) electrons. The summed E-state index contributed by atoms with van der Waals surface area (Å²) in [5, 5.41) is 11.9. The number of carbonyl (C=O) groups is 1. The van der Waals surface area contributed by atoms with Gasteiger partial charge < -0.3 is 14.9 Å². The standard InChI is InChI=1S/C31H31ClN4O2/c1-35(21-22-15-17-25(32)18-16-22)31-33-20-26(28(34-31)23-10-4-2-5-11-23)30(38)36-19-9-8-14-27(36)29(37)24-12-6-3-7-13-24/h2-7,10-13,15-18,20,27,29,37H,8-9,14,19,21H2,1H3. The van der Waals surface area contributed by atoms with Crippen LogP contribution in [0.4, 0.5) is 5.95 Å². The van der Waals surface area contributed by atoms with Crippen molar-refractivity contribution in [1.29, 1.82) is 0 Å². The molecule has 0 spiro atoms. The summed E-state index contributed by atoms with van der Waals surface area (Å²) in [6.07, 6.45) is 3.48. The molecule has 194 valence electrons. The van der Waals surface area contributed by atoms with E-state index in [0.29, 0.717) is 35.3 Å². The minimum absolute atomic E-state index is 0.157.